The SMILES string of the molecule is C=C(NC)c1cc(Cc2ccc3c(C(=O)Nc4cc(C(C)(C)C)[nH]n4)cccc3c2)ccn1. The molecule has 0 atom stereocenters. The van der Waals surface area contributed by atoms with Crippen LogP contribution >= 0.6 is 0 Å². The zero-order chi connectivity index (χ0) is 23.6. The van der Waals surface area contributed by atoms with Crippen molar-refractivity contribution in [3.63, 3.8) is 0 Å². The number of benzene rings is 2. The topological polar surface area (TPSA) is 82.7 Å². The highest BCUT2D eigenvalue weighted by Crippen LogP contribution is 2.25. The van der Waals surface area contributed by atoms with Crippen molar-refractivity contribution in [3.05, 3.63) is 95.5 Å². The van der Waals surface area contributed by atoms with Gasteiger partial charge in [0.15, 0.2) is 5.82 Å². The normalized spacial score (nSPS) is 11.4. The van der Waals surface area contributed by atoms with Crippen molar-refractivity contribution >= 4 is 28.2 Å². The molecule has 33 heavy (non-hydrogen) atoms. The first kappa shape index (κ1) is 22.3. The Hall–Kier alpha value is -3.93. The van der Waals surface area contributed by atoms with Crippen molar-refractivity contribution in [2.24, 2.45) is 0 Å². The number of carbonyl (C=O) groups is 1. The Bertz CT molecular complexity index is 1330. The zero-order valence-corrected chi connectivity index (χ0v) is 19.5. The van der Waals surface area contributed by atoms with E-state index >= 15 is 0 Å². The quantitative estimate of drug-likeness (QED) is 0.381. The molecule has 0 saturated heterocycles. The largest absolute Gasteiger partial charge is 0.387 e. The van der Waals surface area contributed by atoms with Crippen molar-refractivity contribution in [1.29, 1.82) is 0 Å². The predicted octanol–water partition coefficient (Wildman–Crippen LogP) is 5.29. The van der Waals surface area contributed by atoms with E-state index in [1.54, 1.807) is 6.20 Å². The molecule has 0 bridgehead atoms. The van der Waals surface area contributed by atoms with Crippen LogP contribution in [0.1, 0.15) is 53.6 Å². The Labute approximate surface area is 194 Å². The third-order valence-electron chi connectivity index (χ3n) is 5.66. The molecule has 2 heterocycles. The van der Waals surface area contributed by atoms with Gasteiger partial charge in [-0.2, -0.15) is 5.10 Å². The van der Waals surface area contributed by atoms with Crippen LogP contribution in [0.15, 0.2) is 67.4 Å². The van der Waals surface area contributed by atoms with E-state index < -0.39 is 0 Å². The van der Waals surface area contributed by atoms with Crippen LogP contribution in [0.25, 0.3) is 16.5 Å². The van der Waals surface area contributed by atoms with Gasteiger partial charge in [-0.3, -0.25) is 14.9 Å². The van der Waals surface area contributed by atoms with Crippen LogP contribution in [-0.2, 0) is 11.8 Å². The minimum absolute atomic E-state index is 0.0678. The summed E-state index contributed by atoms with van der Waals surface area (Å²) in [6, 6.07) is 17.9. The minimum Gasteiger partial charge on any atom is -0.387 e. The Balaban J connectivity index is 1.57. The molecule has 4 aromatic rings. The molecule has 0 spiro atoms. The van der Waals surface area contributed by atoms with Crippen molar-refractivity contribution in [2.45, 2.75) is 32.6 Å². The summed E-state index contributed by atoms with van der Waals surface area (Å²) in [7, 11) is 1.84. The maximum Gasteiger partial charge on any atom is 0.257 e. The summed E-state index contributed by atoms with van der Waals surface area (Å²) in [6.07, 6.45) is 2.57. The second-order valence-electron chi connectivity index (χ2n) is 9.19. The average Bonchev–Trinajstić information content (AvgIpc) is 3.27. The number of H-pyrrole nitrogens is 1. The number of rotatable bonds is 6. The summed E-state index contributed by atoms with van der Waals surface area (Å²) < 4.78 is 0. The highest BCUT2D eigenvalue weighted by Gasteiger charge is 2.18. The van der Waals surface area contributed by atoms with Gasteiger partial charge in [0.05, 0.1) is 11.4 Å². The fourth-order valence-electron chi connectivity index (χ4n) is 3.71. The summed E-state index contributed by atoms with van der Waals surface area (Å²) in [4.78, 5) is 17.4. The van der Waals surface area contributed by atoms with Crippen LogP contribution in [0.2, 0.25) is 0 Å². The standard InChI is InChI=1S/C27H29N5O/c1-17(28-5)23-15-19(11-12-29-23)13-18-9-10-21-20(14-18)7-6-8-22(21)26(33)30-25-16-24(31-32-25)27(2,3)4/h6-12,14-16,28H,1,13H2,2-5H3,(H2,30,31,32,33). The van der Waals surface area contributed by atoms with Crippen LogP contribution in [0.4, 0.5) is 5.82 Å². The van der Waals surface area contributed by atoms with Crippen molar-refractivity contribution in [3.8, 4) is 0 Å². The lowest BCUT2D eigenvalue weighted by Gasteiger charge is -2.14. The molecule has 0 fully saturated rings. The van der Waals surface area contributed by atoms with Gasteiger partial charge in [-0.1, -0.05) is 57.7 Å². The number of pyridine rings is 1. The molecule has 0 aliphatic rings. The molecule has 0 radical (unpaired) electrons. The van der Waals surface area contributed by atoms with E-state index in [1.165, 1.54) is 0 Å². The first-order chi connectivity index (χ1) is 15.7. The smallest absolute Gasteiger partial charge is 0.257 e. The van der Waals surface area contributed by atoms with Crippen LogP contribution in [-0.4, -0.2) is 28.1 Å². The fourth-order valence-corrected chi connectivity index (χ4v) is 3.71. The number of nitrogens with zero attached hydrogens (tertiary/aromatic N) is 2. The van der Waals surface area contributed by atoms with E-state index in [9.17, 15) is 4.79 Å². The van der Waals surface area contributed by atoms with E-state index in [0.717, 1.165) is 45.4 Å². The monoisotopic (exact) mass is 439 g/mol. The molecule has 1 amide bonds. The van der Waals surface area contributed by atoms with Gasteiger partial charge >= 0.3 is 0 Å². The highest BCUT2D eigenvalue weighted by atomic mass is 16.1. The van der Waals surface area contributed by atoms with Crippen LogP contribution in [0, 0.1) is 0 Å². The molecular weight excluding hydrogens is 410 g/mol. The van der Waals surface area contributed by atoms with Gasteiger partial charge in [0.2, 0.25) is 0 Å². The molecule has 6 nitrogen and oxygen atoms in total. The zero-order valence-electron chi connectivity index (χ0n) is 19.5. The van der Waals surface area contributed by atoms with E-state index in [4.69, 9.17) is 0 Å². The molecular formula is C27H29N5O. The van der Waals surface area contributed by atoms with E-state index in [0.29, 0.717) is 11.4 Å². The number of anilines is 1. The number of hydrogen-bond acceptors (Lipinski definition) is 4. The molecule has 0 aliphatic carbocycles. The minimum atomic E-state index is -0.176. The summed E-state index contributed by atoms with van der Waals surface area (Å²) >= 11 is 0. The van der Waals surface area contributed by atoms with Gasteiger partial charge in [0.25, 0.3) is 5.91 Å². The number of nitrogens with one attached hydrogen (secondary N) is 3. The second-order valence-corrected chi connectivity index (χ2v) is 9.19. The maximum atomic E-state index is 13.0. The van der Waals surface area contributed by atoms with Crippen LogP contribution in [0.5, 0.6) is 0 Å². The van der Waals surface area contributed by atoms with E-state index in [-0.39, 0.29) is 11.3 Å². The molecule has 168 valence electrons. The van der Waals surface area contributed by atoms with Crippen LogP contribution in [0.3, 0.4) is 0 Å². The molecule has 6 heteroatoms. The fraction of sp³-hybridized carbons (Fsp3) is 0.222. The lowest BCUT2D eigenvalue weighted by molar-refractivity contribution is 0.102. The molecule has 3 N–H and O–H groups in total. The number of aromatic amines is 1. The van der Waals surface area contributed by atoms with E-state index in [1.807, 2.05) is 49.5 Å². The van der Waals surface area contributed by atoms with Crippen molar-refractivity contribution in [2.75, 3.05) is 12.4 Å². The van der Waals surface area contributed by atoms with Gasteiger partial charge < -0.3 is 10.6 Å². The lowest BCUT2D eigenvalue weighted by Crippen LogP contribution is -2.13. The molecule has 4 rings (SSSR count). The van der Waals surface area contributed by atoms with Gasteiger partial charge in [-0.05, 0) is 46.5 Å². The molecule has 0 aliphatic heterocycles. The van der Waals surface area contributed by atoms with Gasteiger partial charge in [0, 0.05) is 36.0 Å². The number of fused-ring (bicyclic) bond motifs is 1. The maximum absolute atomic E-state index is 13.0. The van der Waals surface area contributed by atoms with E-state index in [2.05, 4.69) is 65.3 Å². The molecule has 0 unspecified atom stereocenters. The van der Waals surface area contributed by atoms with Gasteiger partial charge in [0.1, 0.15) is 0 Å². The first-order valence-corrected chi connectivity index (χ1v) is 11.0. The third kappa shape index (κ3) is 4.95. The Morgan fingerprint density at radius 3 is 2.58 bits per heavy atom. The first-order valence-electron chi connectivity index (χ1n) is 11.0. The van der Waals surface area contributed by atoms with Crippen LogP contribution < -0.4 is 10.6 Å². The summed E-state index contributed by atoms with van der Waals surface area (Å²) in [5.41, 5.74) is 5.46. The summed E-state index contributed by atoms with van der Waals surface area (Å²) in [6.45, 7) is 10.3. The number of aromatic nitrogens is 3. The highest BCUT2D eigenvalue weighted by molar-refractivity contribution is 6.12. The van der Waals surface area contributed by atoms with Crippen molar-refractivity contribution in [1.82, 2.24) is 20.5 Å². The molecule has 0 saturated carbocycles. The molecule has 2 aromatic heterocycles. The molecule has 2 aromatic carbocycles. The summed E-state index contributed by atoms with van der Waals surface area (Å²) in [5, 5.41) is 15.1. The Morgan fingerprint density at radius 1 is 1.06 bits per heavy atom. The number of amides is 1. The van der Waals surface area contributed by atoms with Gasteiger partial charge in [-0.25, -0.2) is 0 Å². The third-order valence-corrected chi connectivity index (χ3v) is 5.66. The average molecular weight is 440 g/mol. The van der Waals surface area contributed by atoms with Crippen molar-refractivity contribution < 1.29 is 4.79 Å². The predicted molar refractivity (Wildman–Crippen MR) is 134 cm³/mol. The Kier molecular flexibility index (Phi) is 6.01. The summed E-state index contributed by atoms with van der Waals surface area (Å²) in [5.74, 6) is 0.347. The Morgan fingerprint density at radius 2 is 1.85 bits per heavy atom. The number of carbonyl (C=O) groups excluding carboxylic acids is 1. The van der Waals surface area contributed by atoms with Gasteiger partial charge in [-0.15, -0.1) is 0 Å². The number of hydrogen-bond donors (Lipinski definition) is 3. The lowest BCUT2D eigenvalue weighted by atomic mass is 9.92. The second kappa shape index (κ2) is 8.90.